The molecule has 2 aromatic rings. The van der Waals surface area contributed by atoms with Gasteiger partial charge in [-0.1, -0.05) is 6.07 Å². The van der Waals surface area contributed by atoms with E-state index in [1.165, 1.54) is 6.07 Å². The van der Waals surface area contributed by atoms with Crippen molar-refractivity contribution in [3.8, 4) is 0 Å². The number of hydrogen-bond acceptors (Lipinski definition) is 4. The van der Waals surface area contributed by atoms with Crippen LogP contribution < -0.4 is 5.32 Å². The predicted molar refractivity (Wildman–Crippen MR) is 81.9 cm³/mol. The van der Waals surface area contributed by atoms with E-state index in [9.17, 15) is 10.1 Å². The van der Waals surface area contributed by atoms with Gasteiger partial charge in [0.25, 0.3) is 5.69 Å². The van der Waals surface area contributed by atoms with E-state index in [0.717, 1.165) is 14.9 Å². The van der Waals surface area contributed by atoms with Crippen LogP contribution in [0, 0.1) is 17.0 Å². The Labute approximate surface area is 123 Å². The molecule has 0 fully saturated rings. The van der Waals surface area contributed by atoms with Gasteiger partial charge in [-0.3, -0.25) is 10.1 Å². The van der Waals surface area contributed by atoms with Crippen LogP contribution >= 0.6 is 27.3 Å². The van der Waals surface area contributed by atoms with Crippen LogP contribution in [-0.2, 0) is 0 Å². The maximum atomic E-state index is 11.0. The molecule has 1 atom stereocenters. The molecule has 0 amide bonds. The third kappa shape index (κ3) is 3.13. The monoisotopic (exact) mass is 340 g/mol. The van der Waals surface area contributed by atoms with Crippen LogP contribution in [0.2, 0.25) is 0 Å². The second-order valence-electron chi connectivity index (χ2n) is 4.28. The lowest BCUT2D eigenvalue weighted by atomic mass is 10.1. The molecule has 19 heavy (non-hydrogen) atoms. The highest BCUT2D eigenvalue weighted by molar-refractivity contribution is 9.10. The van der Waals surface area contributed by atoms with Crippen molar-refractivity contribution in [1.82, 2.24) is 0 Å². The van der Waals surface area contributed by atoms with Gasteiger partial charge in [-0.2, -0.15) is 0 Å². The zero-order valence-electron chi connectivity index (χ0n) is 10.5. The highest BCUT2D eigenvalue weighted by atomic mass is 79.9. The zero-order valence-corrected chi connectivity index (χ0v) is 12.9. The standard InChI is InChI=1S/C13H13BrN2O2S/c1-8-3-4-12(16(17)18)11(7-8)15-9(2)13-10(14)5-6-19-13/h3-7,9,15H,1-2H3. The fourth-order valence-electron chi connectivity index (χ4n) is 1.84. The van der Waals surface area contributed by atoms with Crippen molar-refractivity contribution in [3.63, 3.8) is 0 Å². The van der Waals surface area contributed by atoms with Crippen molar-refractivity contribution >= 4 is 38.6 Å². The number of aryl methyl sites for hydroxylation is 1. The smallest absolute Gasteiger partial charge is 0.292 e. The lowest BCUT2D eigenvalue weighted by molar-refractivity contribution is -0.384. The van der Waals surface area contributed by atoms with E-state index in [1.54, 1.807) is 23.5 Å². The summed E-state index contributed by atoms with van der Waals surface area (Å²) in [5.74, 6) is 0. The van der Waals surface area contributed by atoms with Gasteiger partial charge in [0.2, 0.25) is 0 Å². The van der Waals surface area contributed by atoms with E-state index in [2.05, 4.69) is 21.2 Å². The molecule has 0 aliphatic carbocycles. The Bertz CT molecular complexity index is 612. The summed E-state index contributed by atoms with van der Waals surface area (Å²) in [7, 11) is 0. The Morgan fingerprint density at radius 1 is 1.42 bits per heavy atom. The molecule has 2 rings (SSSR count). The van der Waals surface area contributed by atoms with Gasteiger partial charge in [0.1, 0.15) is 5.69 Å². The Kier molecular flexibility index (Phi) is 4.21. The number of anilines is 1. The van der Waals surface area contributed by atoms with Crippen LogP contribution in [0.3, 0.4) is 0 Å². The topological polar surface area (TPSA) is 55.2 Å². The number of hydrogen-bond donors (Lipinski definition) is 1. The second-order valence-corrected chi connectivity index (χ2v) is 6.08. The van der Waals surface area contributed by atoms with Gasteiger partial charge in [-0.25, -0.2) is 0 Å². The molecule has 1 N–H and O–H groups in total. The number of halogens is 1. The normalized spacial score (nSPS) is 12.2. The molecular weight excluding hydrogens is 328 g/mol. The van der Waals surface area contributed by atoms with E-state index in [1.807, 2.05) is 25.3 Å². The molecule has 1 aromatic carbocycles. The molecule has 0 saturated heterocycles. The van der Waals surface area contributed by atoms with Crippen molar-refractivity contribution in [2.45, 2.75) is 19.9 Å². The maximum absolute atomic E-state index is 11.0. The minimum Gasteiger partial charge on any atom is -0.372 e. The first-order valence-corrected chi connectivity index (χ1v) is 7.40. The van der Waals surface area contributed by atoms with E-state index >= 15 is 0 Å². The van der Waals surface area contributed by atoms with Crippen molar-refractivity contribution in [2.24, 2.45) is 0 Å². The van der Waals surface area contributed by atoms with Gasteiger partial charge in [0.15, 0.2) is 0 Å². The molecule has 1 aromatic heterocycles. The van der Waals surface area contributed by atoms with Crippen LogP contribution in [0.25, 0.3) is 0 Å². The summed E-state index contributed by atoms with van der Waals surface area (Å²) in [4.78, 5) is 11.8. The third-order valence-corrected chi connectivity index (χ3v) is 4.81. The number of benzene rings is 1. The molecule has 0 aliphatic rings. The van der Waals surface area contributed by atoms with Crippen LogP contribution in [0.1, 0.15) is 23.4 Å². The molecule has 0 bridgehead atoms. The van der Waals surface area contributed by atoms with Crippen molar-refractivity contribution in [3.05, 3.63) is 54.7 Å². The van der Waals surface area contributed by atoms with E-state index in [-0.39, 0.29) is 16.7 Å². The number of rotatable bonds is 4. The van der Waals surface area contributed by atoms with Crippen molar-refractivity contribution in [2.75, 3.05) is 5.32 Å². The second kappa shape index (κ2) is 5.71. The fraction of sp³-hybridized carbons (Fsp3) is 0.231. The first kappa shape index (κ1) is 14.0. The molecule has 1 heterocycles. The largest absolute Gasteiger partial charge is 0.372 e. The molecule has 0 saturated carbocycles. The lowest BCUT2D eigenvalue weighted by Crippen LogP contribution is -2.07. The summed E-state index contributed by atoms with van der Waals surface area (Å²) < 4.78 is 1.02. The summed E-state index contributed by atoms with van der Waals surface area (Å²) in [6.45, 7) is 3.91. The number of nitrogens with one attached hydrogen (secondary N) is 1. The summed E-state index contributed by atoms with van der Waals surface area (Å²) >= 11 is 5.09. The Hall–Kier alpha value is -1.40. The number of nitro groups is 1. The van der Waals surface area contributed by atoms with Crippen LogP contribution in [-0.4, -0.2) is 4.92 Å². The summed E-state index contributed by atoms with van der Waals surface area (Å²) in [5, 5.41) is 16.2. The van der Waals surface area contributed by atoms with Gasteiger partial charge in [-0.05, 0) is 52.9 Å². The average molecular weight is 341 g/mol. The summed E-state index contributed by atoms with van der Waals surface area (Å²) in [5.41, 5.74) is 1.65. The number of nitrogens with zero attached hydrogens (tertiary/aromatic N) is 1. The maximum Gasteiger partial charge on any atom is 0.292 e. The molecular formula is C13H13BrN2O2S. The van der Waals surface area contributed by atoms with E-state index < -0.39 is 0 Å². The van der Waals surface area contributed by atoms with Crippen molar-refractivity contribution in [1.29, 1.82) is 0 Å². The molecule has 6 heteroatoms. The highest BCUT2D eigenvalue weighted by Gasteiger charge is 2.17. The Balaban J connectivity index is 2.30. The zero-order chi connectivity index (χ0) is 14.0. The molecule has 0 spiro atoms. The molecule has 4 nitrogen and oxygen atoms in total. The minimum absolute atomic E-state index is 0.00914. The first-order chi connectivity index (χ1) is 8.99. The van der Waals surface area contributed by atoms with Gasteiger partial charge >= 0.3 is 0 Å². The molecule has 0 aliphatic heterocycles. The SMILES string of the molecule is Cc1ccc([N+](=O)[O-])c(NC(C)c2sccc2Br)c1. The Morgan fingerprint density at radius 3 is 2.74 bits per heavy atom. The van der Waals surface area contributed by atoms with Crippen LogP contribution in [0.15, 0.2) is 34.1 Å². The van der Waals surface area contributed by atoms with E-state index in [0.29, 0.717) is 5.69 Å². The summed E-state index contributed by atoms with van der Waals surface area (Å²) in [6.07, 6.45) is 0. The highest BCUT2D eigenvalue weighted by Crippen LogP contribution is 2.34. The number of thiophene rings is 1. The van der Waals surface area contributed by atoms with Gasteiger partial charge < -0.3 is 5.32 Å². The third-order valence-electron chi connectivity index (χ3n) is 2.76. The lowest BCUT2D eigenvalue weighted by Gasteiger charge is -2.15. The molecule has 100 valence electrons. The molecule has 0 radical (unpaired) electrons. The minimum atomic E-state index is -0.363. The van der Waals surface area contributed by atoms with Gasteiger partial charge in [0.05, 0.1) is 11.0 Å². The average Bonchev–Trinajstić information content (AvgIpc) is 2.75. The first-order valence-electron chi connectivity index (χ1n) is 5.73. The fourth-order valence-corrected chi connectivity index (χ4v) is 3.56. The van der Waals surface area contributed by atoms with E-state index in [4.69, 9.17) is 0 Å². The van der Waals surface area contributed by atoms with Gasteiger partial charge in [-0.15, -0.1) is 11.3 Å². The molecule has 1 unspecified atom stereocenters. The Morgan fingerprint density at radius 2 is 2.16 bits per heavy atom. The van der Waals surface area contributed by atoms with Crippen molar-refractivity contribution < 1.29 is 4.92 Å². The summed E-state index contributed by atoms with van der Waals surface area (Å²) in [6, 6.07) is 7.07. The predicted octanol–water partition coefficient (Wildman–Crippen LogP) is 4.90. The quantitative estimate of drug-likeness (QED) is 0.636. The van der Waals surface area contributed by atoms with Crippen LogP contribution in [0.4, 0.5) is 11.4 Å². The van der Waals surface area contributed by atoms with Crippen LogP contribution in [0.5, 0.6) is 0 Å². The number of nitro benzene ring substituents is 1. The van der Waals surface area contributed by atoms with Gasteiger partial charge in [0, 0.05) is 15.4 Å².